The van der Waals surface area contributed by atoms with Gasteiger partial charge in [-0.05, 0) is 41.4 Å². The maximum atomic E-state index is 11.8. The fourth-order valence-corrected chi connectivity index (χ4v) is 3.30. The van der Waals surface area contributed by atoms with E-state index in [9.17, 15) is 4.79 Å². The van der Waals surface area contributed by atoms with Crippen LogP contribution in [-0.4, -0.2) is 12.6 Å². The number of furan rings is 1. The lowest BCUT2D eigenvalue weighted by Gasteiger charge is -1.99. The average Bonchev–Trinajstić information content (AvgIpc) is 2.86. The van der Waals surface area contributed by atoms with Crippen molar-refractivity contribution in [3.8, 4) is 10.4 Å². The molecule has 0 aromatic carbocycles. The lowest BCUT2D eigenvalue weighted by molar-refractivity contribution is 0.0533. The molecule has 0 aliphatic rings. The van der Waals surface area contributed by atoms with Gasteiger partial charge in [-0.1, -0.05) is 0 Å². The van der Waals surface area contributed by atoms with Crippen LogP contribution in [0.2, 0.25) is 0 Å². The average molecular weight is 330 g/mol. The van der Waals surface area contributed by atoms with Crippen molar-refractivity contribution in [1.29, 1.82) is 0 Å². The Balaban J connectivity index is 2.49. The van der Waals surface area contributed by atoms with E-state index in [1.165, 1.54) is 11.3 Å². The van der Waals surface area contributed by atoms with Crippen molar-refractivity contribution in [3.63, 3.8) is 0 Å². The first-order chi connectivity index (χ1) is 8.56. The van der Waals surface area contributed by atoms with Crippen molar-refractivity contribution in [2.24, 2.45) is 0 Å². The summed E-state index contributed by atoms with van der Waals surface area (Å²) in [6, 6.07) is 1.83. The maximum Gasteiger partial charge on any atom is 0.350 e. The summed E-state index contributed by atoms with van der Waals surface area (Å²) in [5, 5.41) is 0. The Morgan fingerprint density at radius 2 is 2.33 bits per heavy atom. The molecule has 0 unspecified atom stereocenters. The first kappa shape index (κ1) is 13.2. The van der Waals surface area contributed by atoms with Crippen LogP contribution in [0.4, 0.5) is 5.69 Å². The van der Waals surface area contributed by atoms with Crippen LogP contribution >= 0.6 is 27.3 Å². The summed E-state index contributed by atoms with van der Waals surface area (Å²) in [5.74, 6) is -0.381. The van der Waals surface area contributed by atoms with Gasteiger partial charge in [0.2, 0.25) is 0 Å². The highest BCUT2D eigenvalue weighted by molar-refractivity contribution is 9.10. The summed E-state index contributed by atoms with van der Waals surface area (Å²) in [4.78, 5) is 13.1. The fourth-order valence-electron chi connectivity index (χ4n) is 1.59. The fraction of sp³-hybridized carbons (Fsp3) is 0.250. The molecular formula is C12H12BrNO3S. The molecule has 0 radical (unpaired) electrons. The molecule has 0 aliphatic carbocycles. The monoisotopic (exact) mass is 329 g/mol. The lowest BCUT2D eigenvalue weighted by Crippen LogP contribution is -2.05. The number of hydrogen-bond donors (Lipinski definition) is 1. The molecule has 4 nitrogen and oxygen atoms in total. The standard InChI is InChI=1S/C12H12BrNO3S/c1-3-16-12(15)10-8(14)6(2)9(18-10)7-4-5-17-11(7)13/h4-5H,3,14H2,1-2H3. The number of esters is 1. The van der Waals surface area contributed by atoms with Crippen molar-refractivity contribution in [3.05, 3.63) is 27.4 Å². The van der Waals surface area contributed by atoms with Gasteiger partial charge in [0.15, 0.2) is 4.67 Å². The Kier molecular flexibility index (Phi) is 3.77. The molecule has 18 heavy (non-hydrogen) atoms. The van der Waals surface area contributed by atoms with E-state index in [-0.39, 0.29) is 5.97 Å². The molecule has 0 saturated carbocycles. The van der Waals surface area contributed by atoms with Crippen LogP contribution in [-0.2, 0) is 4.74 Å². The highest BCUT2D eigenvalue weighted by Gasteiger charge is 2.22. The summed E-state index contributed by atoms with van der Waals surface area (Å²) < 4.78 is 10.8. The summed E-state index contributed by atoms with van der Waals surface area (Å²) in [6.07, 6.45) is 1.58. The van der Waals surface area contributed by atoms with Gasteiger partial charge in [-0.3, -0.25) is 0 Å². The Hall–Kier alpha value is -1.27. The Morgan fingerprint density at radius 1 is 1.61 bits per heavy atom. The molecule has 0 amide bonds. The van der Waals surface area contributed by atoms with E-state index in [0.717, 1.165) is 16.0 Å². The molecule has 2 aromatic heterocycles. The zero-order valence-electron chi connectivity index (χ0n) is 9.95. The predicted octanol–water partition coefficient (Wildman–Crippen LogP) is 3.84. The quantitative estimate of drug-likeness (QED) is 0.869. The number of ether oxygens (including phenoxy) is 1. The summed E-state index contributed by atoms with van der Waals surface area (Å²) in [5.41, 5.74) is 8.18. The molecule has 0 spiro atoms. The van der Waals surface area contributed by atoms with Crippen molar-refractivity contribution in [2.45, 2.75) is 13.8 Å². The molecule has 2 rings (SSSR count). The number of nitrogens with two attached hydrogens (primary N) is 1. The molecule has 6 heteroatoms. The third-order valence-corrected chi connectivity index (χ3v) is 4.45. The first-order valence-electron chi connectivity index (χ1n) is 5.35. The van der Waals surface area contributed by atoms with Gasteiger partial charge in [0.25, 0.3) is 0 Å². The van der Waals surface area contributed by atoms with Crippen LogP contribution in [0, 0.1) is 6.92 Å². The first-order valence-corrected chi connectivity index (χ1v) is 6.96. The van der Waals surface area contributed by atoms with Crippen LogP contribution in [0.3, 0.4) is 0 Å². The topological polar surface area (TPSA) is 65.5 Å². The van der Waals surface area contributed by atoms with E-state index in [0.29, 0.717) is 21.8 Å². The molecule has 0 saturated heterocycles. The molecule has 2 heterocycles. The molecule has 2 N–H and O–H groups in total. The molecule has 0 fully saturated rings. The summed E-state index contributed by atoms with van der Waals surface area (Å²) in [7, 11) is 0. The Labute approximate surface area is 117 Å². The maximum absolute atomic E-state index is 11.8. The van der Waals surface area contributed by atoms with E-state index in [1.807, 2.05) is 13.0 Å². The third kappa shape index (κ3) is 2.18. The van der Waals surface area contributed by atoms with Crippen LogP contribution in [0.5, 0.6) is 0 Å². The molecule has 0 atom stereocenters. The van der Waals surface area contributed by atoms with E-state index in [2.05, 4.69) is 15.9 Å². The Bertz CT molecular complexity index is 588. The van der Waals surface area contributed by atoms with Gasteiger partial charge in [0, 0.05) is 10.4 Å². The number of halogens is 1. The number of carbonyl (C=O) groups excluding carboxylic acids is 1. The van der Waals surface area contributed by atoms with E-state index >= 15 is 0 Å². The van der Waals surface area contributed by atoms with Crippen molar-refractivity contribution < 1.29 is 13.9 Å². The highest BCUT2D eigenvalue weighted by Crippen LogP contribution is 2.41. The molecule has 96 valence electrons. The minimum Gasteiger partial charge on any atom is -0.462 e. The molecular weight excluding hydrogens is 318 g/mol. The number of nitrogen functional groups attached to an aromatic ring is 1. The second-order valence-corrected chi connectivity index (χ2v) is 5.37. The smallest absolute Gasteiger partial charge is 0.350 e. The number of rotatable bonds is 3. The van der Waals surface area contributed by atoms with Gasteiger partial charge in [0.05, 0.1) is 18.6 Å². The third-order valence-electron chi connectivity index (χ3n) is 2.52. The predicted molar refractivity (Wildman–Crippen MR) is 74.8 cm³/mol. The zero-order valence-corrected chi connectivity index (χ0v) is 12.4. The molecule has 0 aliphatic heterocycles. The summed E-state index contributed by atoms with van der Waals surface area (Å²) in [6.45, 7) is 3.98. The van der Waals surface area contributed by atoms with E-state index in [4.69, 9.17) is 14.9 Å². The summed E-state index contributed by atoms with van der Waals surface area (Å²) >= 11 is 4.64. The van der Waals surface area contributed by atoms with Crippen LogP contribution in [0.1, 0.15) is 22.2 Å². The van der Waals surface area contributed by atoms with Gasteiger partial charge in [-0.15, -0.1) is 11.3 Å². The lowest BCUT2D eigenvalue weighted by atomic mass is 10.1. The molecule has 2 aromatic rings. The van der Waals surface area contributed by atoms with Gasteiger partial charge in [-0.25, -0.2) is 4.79 Å². The minimum absolute atomic E-state index is 0.333. The largest absolute Gasteiger partial charge is 0.462 e. The zero-order chi connectivity index (χ0) is 13.3. The van der Waals surface area contributed by atoms with Gasteiger partial charge in [0.1, 0.15) is 4.88 Å². The van der Waals surface area contributed by atoms with Crippen molar-refractivity contribution in [2.75, 3.05) is 12.3 Å². The number of carbonyl (C=O) groups is 1. The number of anilines is 1. The molecule has 0 bridgehead atoms. The van der Waals surface area contributed by atoms with Gasteiger partial charge < -0.3 is 14.9 Å². The minimum atomic E-state index is -0.381. The van der Waals surface area contributed by atoms with Gasteiger partial charge >= 0.3 is 5.97 Å². The van der Waals surface area contributed by atoms with Crippen LogP contribution in [0.15, 0.2) is 21.4 Å². The van der Waals surface area contributed by atoms with Crippen molar-refractivity contribution in [1.82, 2.24) is 0 Å². The van der Waals surface area contributed by atoms with Crippen LogP contribution < -0.4 is 5.73 Å². The second kappa shape index (κ2) is 5.16. The second-order valence-electron chi connectivity index (χ2n) is 3.63. The van der Waals surface area contributed by atoms with Gasteiger partial charge in [-0.2, -0.15) is 0 Å². The Morgan fingerprint density at radius 3 is 2.89 bits per heavy atom. The van der Waals surface area contributed by atoms with Crippen molar-refractivity contribution >= 4 is 38.9 Å². The highest BCUT2D eigenvalue weighted by atomic mass is 79.9. The normalized spacial score (nSPS) is 10.6. The van der Waals surface area contributed by atoms with E-state index in [1.54, 1.807) is 13.2 Å². The number of hydrogen-bond acceptors (Lipinski definition) is 5. The van der Waals surface area contributed by atoms with E-state index < -0.39 is 0 Å². The number of thiophene rings is 1. The SMILES string of the molecule is CCOC(=O)c1sc(-c2ccoc2Br)c(C)c1N. The van der Waals surface area contributed by atoms with Crippen LogP contribution in [0.25, 0.3) is 10.4 Å².